The fraction of sp³-hybridized carbons (Fsp3) is 0.455. The molecule has 8 rings (SSSR count). The zero-order valence-corrected chi connectivity index (χ0v) is 43.5. The van der Waals surface area contributed by atoms with E-state index in [1.165, 1.54) is 69.0 Å². The topological polar surface area (TPSA) is 0 Å². The van der Waals surface area contributed by atoms with E-state index in [-0.39, 0.29) is 62.7 Å². The van der Waals surface area contributed by atoms with E-state index in [1.807, 2.05) is 48.5 Å². The van der Waals surface area contributed by atoms with E-state index in [9.17, 15) is 0 Å². The summed E-state index contributed by atoms with van der Waals surface area (Å²) in [5, 5.41) is 1.53. The van der Waals surface area contributed by atoms with Gasteiger partial charge in [-0.15, -0.1) is 17.4 Å². The molecule has 0 nitrogen and oxygen atoms in total. The largest absolute Gasteiger partial charge is 1.00 e. The summed E-state index contributed by atoms with van der Waals surface area (Å²) in [7, 11) is 0. The van der Waals surface area contributed by atoms with Gasteiger partial charge in [-0.3, -0.25) is 6.08 Å². The third-order valence-corrected chi connectivity index (χ3v) is 18.8. The van der Waals surface area contributed by atoms with Gasteiger partial charge in [-0.05, 0) is 28.6 Å². The molecule has 0 aromatic heterocycles. The monoisotopic (exact) mass is 956 g/mol. The number of halogens is 4. The van der Waals surface area contributed by atoms with Crippen LogP contribution in [0.3, 0.4) is 0 Å². The third-order valence-electron chi connectivity index (χ3n) is 16.9. The first-order valence-corrected chi connectivity index (χ1v) is 23.5. The van der Waals surface area contributed by atoms with Gasteiger partial charge in [0.25, 0.3) is 0 Å². The molecule has 5 heteroatoms. The van der Waals surface area contributed by atoms with Crippen LogP contribution in [0.15, 0.2) is 139 Å². The van der Waals surface area contributed by atoms with E-state index in [0.717, 1.165) is 10.0 Å². The Morgan fingerprint density at radius 3 is 1.65 bits per heavy atom. The van der Waals surface area contributed by atoms with Gasteiger partial charge in [-0.2, -0.15) is 11.6 Å². The van der Waals surface area contributed by atoms with Crippen molar-refractivity contribution < 1.29 is 49.0 Å². The molecule has 9 atom stereocenters. The number of rotatable bonds is 5. The molecule has 6 aliphatic rings. The second-order valence-corrected chi connectivity index (χ2v) is 22.1. The van der Waals surface area contributed by atoms with Crippen LogP contribution in [0.4, 0.5) is 0 Å². The molecule has 6 aliphatic carbocycles. The molecule has 0 radical (unpaired) electrons. The molecule has 0 aliphatic heterocycles. The van der Waals surface area contributed by atoms with Crippen LogP contribution >= 0.6 is 23.2 Å². The standard InChI is InChI=1S/C29H37.C13H8Cl2.C13H21.2ClH.Zr/c1-21-14-13-15-22-20-27(6)25(4)18-10-9-16-23(25,2)24(3)17-11-12-19-26(24,5)29(27,8)28(21,22)7;14-12-5-1-10(2-6-12)9-11-3-7-13(15)8-4-11;1-5-6-7-11-8-9-12(10-11)13(2,3)4;;;/h9-20,22H,1-8H3;1-8H;9-11H,5-7H2,1-4H3;2*1H;/q-1;;-1;;;+2/p-2. The molecule has 320 valence electrons. The van der Waals surface area contributed by atoms with E-state index < -0.39 is 0 Å². The van der Waals surface area contributed by atoms with Crippen LogP contribution in [-0.4, -0.2) is 3.21 Å². The van der Waals surface area contributed by atoms with Gasteiger partial charge in [-0.25, -0.2) is 6.08 Å². The van der Waals surface area contributed by atoms with Crippen LogP contribution in [0.5, 0.6) is 0 Å². The summed E-state index contributed by atoms with van der Waals surface area (Å²) < 4.78 is 1.31. The fourth-order valence-electron chi connectivity index (χ4n) is 12.2. The Labute approximate surface area is 402 Å². The van der Waals surface area contributed by atoms with Crippen molar-refractivity contribution in [3.8, 4) is 0 Å². The number of allylic oxidation sites excluding steroid dienone is 16. The Bertz CT molecular complexity index is 2090. The van der Waals surface area contributed by atoms with Crippen molar-refractivity contribution in [2.24, 2.45) is 55.2 Å². The summed E-state index contributed by atoms with van der Waals surface area (Å²) >= 11 is 13.1. The summed E-state index contributed by atoms with van der Waals surface area (Å²) in [4.78, 5) is 0. The molecule has 2 aromatic carbocycles. The normalized spacial score (nSPS) is 36.1. The Hall–Kier alpha value is -1.73. The van der Waals surface area contributed by atoms with Crippen molar-refractivity contribution in [2.75, 3.05) is 0 Å². The average Bonchev–Trinajstić information content (AvgIpc) is 3.75. The number of hydrogen-bond donors (Lipinski definition) is 0. The maximum Gasteiger partial charge on any atom is -1.00 e. The molecular formula is C55H66Cl4Zr-2. The molecule has 9 unspecified atom stereocenters. The van der Waals surface area contributed by atoms with E-state index in [2.05, 4.69) is 175 Å². The van der Waals surface area contributed by atoms with Gasteiger partial charge < -0.3 is 31.2 Å². The Morgan fingerprint density at radius 1 is 0.717 bits per heavy atom. The van der Waals surface area contributed by atoms with Crippen LogP contribution in [0.25, 0.3) is 0 Å². The predicted molar refractivity (Wildman–Crippen MR) is 248 cm³/mol. The number of hydrogen-bond acceptors (Lipinski definition) is 0. The number of unbranched alkanes of at least 4 members (excludes halogenated alkanes) is 1. The fourth-order valence-corrected chi connectivity index (χ4v) is 13.3. The van der Waals surface area contributed by atoms with Gasteiger partial charge in [0, 0.05) is 10.8 Å². The van der Waals surface area contributed by atoms with Crippen LogP contribution in [-0.2, 0) is 24.2 Å². The third kappa shape index (κ3) is 7.72. The maximum atomic E-state index is 5.86. The van der Waals surface area contributed by atoms with Gasteiger partial charge in [-0.1, -0.05) is 173 Å². The molecule has 0 spiro atoms. The van der Waals surface area contributed by atoms with Crippen LogP contribution < -0.4 is 24.8 Å². The second-order valence-electron chi connectivity index (χ2n) is 20.0. The molecule has 0 N–H and O–H groups in total. The quantitative estimate of drug-likeness (QED) is 0.262. The van der Waals surface area contributed by atoms with Crippen molar-refractivity contribution in [3.63, 3.8) is 0 Å². The molecule has 0 bridgehead atoms. The summed E-state index contributed by atoms with van der Waals surface area (Å²) in [5.41, 5.74) is 5.91. The molecule has 0 heterocycles. The van der Waals surface area contributed by atoms with Gasteiger partial charge in [0.15, 0.2) is 0 Å². The Morgan fingerprint density at radius 2 is 1.18 bits per heavy atom. The van der Waals surface area contributed by atoms with Crippen molar-refractivity contribution in [2.45, 2.75) is 102 Å². The van der Waals surface area contributed by atoms with Gasteiger partial charge >= 0.3 is 120 Å². The summed E-state index contributed by atoms with van der Waals surface area (Å²) in [6.45, 7) is 29.3. The average molecular weight is 960 g/mol. The minimum absolute atomic E-state index is 0. The number of benzene rings is 2. The van der Waals surface area contributed by atoms with E-state index in [0.29, 0.717) is 17.3 Å². The van der Waals surface area contributed by atoms with E-state index in [1.54, 1.807) is 0 Å². The first-order chi connectivity index (χ1) is 27.1. The molecular weight excluding hydrogens is 894 g/mol. The molecule has 0 saturated heterocycles. The Kier molecular flexibility index (Phi) is 15.6. The van der Waals surface area contributed by atoms with Crippen molar-refractivity contribution in [1.29, 1.82) is 0 Å². The minimum atomic E-state index is 0. The summed E-state index contributed by atoms with van der Waals surface area (Å²) in [6.07, 6.45) is 41.1. The second kappa shape index (κ2) is 18.4. The van der Waals surface area contributed by atoms with E-state index in [4.69, 9.17) is 23.2 Å². The molecule has 0 amide bonds. The smallest absolute Gasteiger partial charge is 1.00 e. The zero-order chi connectivity index (χ0) is 42.6. The van der Waals surface area contributed by atoms with Crippen LogP contribution in [0, 0.1) is 67.7 Å². The first-order valence-electron chi connectivity index (χ1n) is 21.5. The predicted octanol–water partition coefficient (Wildman–Crippen LogP) is 9.90. The summed E-state index contributed by atoms with van der Waals surface area (Å²) in [6, 6.07) is 15.8. The molecule has 60 heavy (non-hydrogen) atoms. The number of fused-ring (bicyclic) bond motifs is 8. The van der Waals surface area contributed by atoms with Gasteiger partial charge in [0.05, 0.1) is 0 Å². The molecule has 2 saturated carbocycles. The Balaban J connectivity index is 0.000000218. The van der Waals surface area contributed by atoms with Crippen molar-refractivity contribution in [3.05, 3.63) is 172 Å². The SMILES string of the molecule is CC1=CC=CC2[CH-]C3(C)C4(C)C=CC=CC4(C)C4(C)C=CC=CC4(C)C3(C)C12C.CCCCC1[C-]=CC(C(C)(C)C)=C1.Clc1ccc([C](=[Zr+2])c2ccc(Cl)cc2)cc1.[Cl-].[Cl-]. The molecule has 2 aromatic rings. The maximum absolute atomic E-state index is 5.86. The summed E-state index contributed by atoms with van der Waals surface area (Å²) in [5.74, 6) is 1.05. The van der Waals surface area contributed by atoms with Gasteiger partial charge in [0.2, 0.25) is 0 Å². The van der Waals surface area contributed by atoms with Crippen LogP contribution in [0.2, 0.25) is 10.0 Å². The van der Waals surface area contributed by atoms with Gasteiger partial charge in [0.1, 0.15) is 0 Å². The molecule has 2 fully saturated rings. The first kappa shape index (κ1) is 50.9. The van der Waals surface area contributed by atoms with Crippen LogP contribution in [0.1, 0.15) is 113 Å². The van der Waals surface area contributed by atoms with Crippen molar-refractivity contribution in [1.82, 2.24) is 0 Å². The zero-order valence-electron chi connectivity index (χ0n) is 38.0. The minimum Gasteiger partial charge on any atom is -1.00 e. The van der Waals surface area contributed by atoms with E-state index >= 15 is 0 Å². The van der Waals surface area contributed by atoms with Crippen molar-refractivity contribution >= 4 is 26.4 Å².